The lowest BCUT2D eigenvalue weighted by atomic mass is 9.91. The second-order valence-electron chi connectivity index (χ2n) is 8.72. The number of carbonyl (C=O) groups is 1. The fourth-order valence-corrected chi connectivity index (χ4v) is 4.42. The predicted molar refractivity (Wildman–Crippen MR) is 112 cm³/mol. The number of hydrogen-bond donors (Lipinski definition) is 1. The maximum absolute atomic E-state index is 12.8. The van der Waals surface area contributed by atoms with E-state index in [1.807, 2.05) is 0 Å². The van der Waals surface area contributed by atoms with Crippen LogP contribution in [0.5, 0.6) is 0 Å². The zero-order valence-corrected chi connectivity index (χ0v) is 17.5. The molecule has 2 aliphatic heterocycles. The minimum atomic E-state index is 0.291. The minimum Gasteiger partial charge on any atom is -0.368 e. The number of amides is 1. The van der Waals surface area contributed by atoms with E-state index in [4.69, 9.17) is 4.98 Å². The van der Waals surface area contributed by atoms with Crippen LogP contribution in [0.15, 0.2) is 12.1 Å². The van der Waals surface area contributed by atoms with E-state index in [0.29, 0.717) is 18.5 Å². The van der Waals surface area contributed by atoms with Crippen molar-refractivity contribution < 1.29 is 4.79 Å². The molecule has 1 amide bonds. The first-order valence-corrected chi connectivity index (χ1v) is 11.1. The Morgan fingerprint density at radius 3 is 2.68 bits per heavy atom. The Morgan fingerprint density at radius 2 is 2.00 bits per heavy atom. The summed E-state index contributed by atoms with van der Waals surface area (Å²) in [6, 6.07) is 5.49. The van der Waals surface area contributed by atoms with Crippen LogP contribution in [-0.2, 0) is 17.8 Å². The van der Waals surface area contributed by atoms with Gasteiger partial charge in [-0.1, -0.05) is 19.4 Å². The molecule has 1 saturated carbocycles. The first kappa shape index (κ1) is 19.6. The highest BCUT2D eigenvalue weighted by molar-refractivity contribution is 5.78. The molecule has 6 nitrogen and oxygen atoms in total. The van der Waals surface area contributed by atoms with Crippen molar-refractivity contribution >= 4 is 11.7 Å². The molecule has 1 aliphatic carbocycles. The van der Waals surface area contributed by atoms with Crippen molar-refractivity contribution in [3.05, 3.63) is 23.4 Å². The van der Waals surface area contributed by atoms with Crippen molar-refractivity contribution in [1.82, 2.24) is 19.7 Å². The molecule has 0 radical (unpaired) electrons. The number of nitrogens with zero attached hydrogens (tertiary/aromatic N) is 4. The van der Waals surface area contributed by atoms with Gasteiger partial charge in [0, 0.05) is 63.5 Å². The monoisotopic (exact) mass is 385 g/mol. The van der Waals surface area contributed by atoms with Crippen LogP contribution >= 0.6 is 0 Å². The zero-order chi connectivity index (χ0) is 19.5. The van der Waals surface area contributed by atoms with Crippen LogP contribution < -0.4 is 5.32 Å². The summed E-state index contributed by atoms with van der Waals surface area (Å²) in [4.78, 5) is 24.5. The third-order valence-electron chi connectivity index (χ3n) is 6.75. The Hall–Kier alpha value is -1.66. The fraction of sp³-hybridized carbons (Fsp3) is 0.727. The number of aromatic nitrogens is 1. The standard InChI is InChI=1S/C22H35N5O/c1-3-17(2)23-21-8-7-18-15-25(10-9-20(18)24-21)16-22(28)27-13-11-26(12-14-27)19-5-4-6-19/h7-8,17,19H,3-6,9-16H2,1-2H3,(H,23,24). The predicted octanol–water partition coefficient (Wildman–Crippen LogP) is 2.35. The van der Waals surface area contributed by atoms with Crippen LogP contribution in [0.2, 0.25) is 0 Å². The lowest BCUT2D eigenvalue weighted by Crippen LogP contribution is -2.55. The van der Waals surface area contributed by atoms with Gasteiger partial charge in [-0.25, -0.2) is 4.98 Å². The molecule has 1 atom stereocenters. The molecule has 154 valence electrons. The smallest absolute Gasteiger partial charge is 0.236 e. The molecule has 1 saturated heterocycles. The highest BCUT2D eigenvalue weighted by Crippen LogP contribution is 2.25. The van der Waals surface area contributed by atoms with Gasteiger partial charge in [-0.15, -0.1) is 0 Å². The van der Waals surface area contributed by atoms with Gasteiger partial charge in [0.2, 0.25) is 5.91 Å². The second kappa shape index (κ2) is 8.78. The SMILES string of the molecule is CCC(C)Nc1ccc2c(n1)CCN(CC(=O)N1CCN(C3CCC3)CC1)C2. The molecule has 28 heavy (non-hydrogen) atoms. The molecule has 1 unspecified atom stereocenters. The molecule has 3 heterocycles. The summed E-state index contributed by atoms with van der Waals surface area (Å²) in [7, 11) is 0. The second-order valence-corrected chi connectivity index (χ2v) is 8.72. The van der Waals surface area contributed by atoms with Crippen LogP contribution in [0.25, 0.3) is 0 Å². The molecule has 0 spiro atoms. The van der Waals surface area contributed by atoms with Crippen molar-refractivity contribution in [3.63, 3.8) is 0 Å². The van der Waals surface area contributed by atoms with Gasteiger partial charge in [0.15, 0.2) is 0 Å². The van der Waals surface area contributed by atoms with Crippen molar-refractivity contribution in [2.45, 2.75) is 64.6 Å². The normalized spacial score (nSPS) is 22.4. The third-order valence-corrected chi connectivity index (χ3v) is 6.75. The minimum absolute atomic E-state index is 0.291. The highest BCUT2D eigenvalue weighted by atomic mass is 16.2. The van der Waals surface area contributed by atoms with Crippen LogP contribution in [0, 0.1) is 0 Å². The van der Waals surface area contributed by atoms with E-state index in [0.717, 1.165) is 64.0 Å². The van der Waals surface area contributed by atoms with Crippen molar-refractivity contribution in [1.29, 1.82) is 0 Å². The van der Waals surface area contributed by atoms with Gasteiger partial charge in [-0.2, -0.15) is 0 Å². The summed E-state index contributed by atoms with van der Waals surface area (Å²) in [6.07, 6.45) is 6.09. The van der Waals surface area contributed by atoms with Gasteiger partial charge in [0.1, 0.15) is 5.82 Å². The molecule has 6 heteroatoms. The molecular weight excluding hydrogens is 350 g/mol. The van der Waals surface area contributed by atoms with Gasteiger partial charge < -0.3 is 10.2 Å². The molecule has 2 fully saturated rings. The summed E-state index contributed by atoms with van der Waals surface area (Å²) in [5, 5.41) is 3.46. The Kier molecular flexibility index (Phi) is 6.16. The molecule has 0 bridgehead atoms. The number of anilines is 1. The maximum Gasteiger partial charge on any atom is 0.236 e. The van der Waals surface area contributed by atoms with E-state index in [9.17, 15) is 4.79 Å². The van der Waals surface area contributed by atoms with E-state index in [-0.39, 0.29) is 0 Å². The first-order chi connectivity index (χ1) is 13.6. The van der Waals surface area contributed by atoms with E-state index in [1.165, 1.54) is 30.5 Å². The number of piperazine rings is 1. The third kappa shape index (κ3) is 4.49. The summed E-state index contributed by atoms with van der Waals surface area (Å²) in [5.74, 6) is 1.27. The number of carbonyl (C=O) groups excluding carboxylic acids is 1. The Morgan fingerprint density at radius 1 is 1.21 bits per heavy atom. The van der Waals surface area contributed by atoms with Gasteiger partial charge in [-0.05, 0) is 37.8 Å². The van der Waals surface area contributed by atoms with E-state index < -0.39 is 0 Å². The topological polar surface area (TPSA) is 51.7 Å². The fourth-order valence-electron chi connectivity index (χ4n) is 4.42. The van der Waals surface area contributed by atoms with Crippen molar-refractivity contribution in [3.8, 4) is 0 Å². The lowest BCUT2D eigenvalue weighted by molar-refractivity contribution is -0.135. The molecule has 0 aromatic carbocycles. The summed E-state index contributed by atoms with van der Waals surface area (Å²) in [6.45, 7) is 10.5. The Labute approximate surface area is 169 Å². The average molecular weight is 386 g/mol. The molecule has 1 aromatic rings. The molecule has 1 N–H and O–H groups in total. The molecule has 3 aliphatic rings. The van der Waals surface area contributed by atoms with Crippen molar-refractivity contribution in [2.24, 2.45) is 0 Å². The Balaban J connectivity index is 1.27. The molecule has 1 aromatic heterocycles. The quantitative estimate of drug-likeness (QED) is 0.815. The highest BCUT2D eigenvalue weighted by Gasteiger charge is 2.30. The maximum atomic E-state index is 12.8. The number of hydrogen-bond acceptors (Lipinski definition) is 5. The van der Waals surface area contributed by atoms with Gasteiger partial charge in [0.05, 0.1) is 6.54 Å². The van der Waals surface area contributed by atoms with Crippen LogP contribution in [0.1, 0.15) is 50.8 Å². The summed E-state index contributed by atoms with van der Waals surface area (Å²) < 4.78 is 0. The number of nitrogens with one attached hydrogen (secondary N) is 1. The molecular formula is C22H35N5O. The van der Waals surface area contributed by atoms with Gasteiger partial charge in [-0.3, -0.25) is 14.6 Å². The number of pyridine rings is 1. The summed E-state index contributed by atoms with van der Waals surface area (Å²) in [5.41, 5.74) is 2.45. The van der Waals surface area contributed by atoms with Gasteiger partial charge in [0.25, 0.3) is 0 Å². The van der Waals surface area contributed by atoms with E-state index >= 15 is 0 Å². The van der Waals surface area contributed by atoms with E-state index in [1.54, 1.807) is 0 Å². The lowest BCUT2D eigenvalue weighted by Gasteiger charge is -2.43. The number of fused-ring (bicyclic) bond motifs is 1. The molecule has 4 rings (SSSR count). The average Bonchev–Trinajstić information content (AvgIpc) is 2.67. The zero-order valence-electron chi connectivity index (χ0n) is 17.5. The first-order valence-electron chi connectivity index (χ1n) is 11.1. The van der Waals surface area contributed by atoms with Gasteiger partial charge >= 0.3 is 0 Å². The summed E-state index contributed by atoms with van der Waals surface area (Å²) >= 11 is 0. The van der Waals surface area contributed by atoms with Crippen LogP contribution in [0.4, 0.5) is 5.82 Å². The van der Waals surface area contributed by atoms with Crippen molar-refractivity contribution in [2.75, 3.05) is 44.6 Å². The largest absolute Gasteiger partial charge is 0.368 e. The van der Waals surface area contributed by atoms with Crippen LogP contribution in [-0.4, -0.2) is 76.9 Å². The number of rotatable bonds is 6. The Bertz CT molecular complexity index is 682. The van der Waals surface area contributed by atoms with Crippen LogP contribution in [0.3, 0.4) is 0 Å². The van der Waals surface area contributed by atoms with E-state index in [2.05, 4.69) is 46.0 Å².